The number of anilines is 1. The van der Waals surface area contributed by atoms with Crippen LogP contribution in [0.4, 0.5) is 5.82 Å². The van der Waals surface area contributed by atoms with Crippen molar-refractivity contribution in [2.24, 2.45) is 5.92 Å². The van der Waals surface area contributed by atoms with Gasteiger partial charge in [0.2, 0.25) is 5.91 Å². The normalized spacial score (nSPS) is 21.7. The number of amides is 1. The average Bonchev–Trinajstić information content (AvgIpc) is 2.95. The molecule has 7 heteroatoms. The number of carbonyl (C=O) groups is 1. The number of hydrogen-bond acceptors (Lipinski definition) is 4. The van der Waals surface area contributed by atoms with Crippen molar-refractivity contribution in [1.82, 2.24) is 19.9 Å². The highest BCUT2D eigenvalue weighted by atomic mass is 35.5. The third-order valence-electron chi connectivity index (χ3n) is 4.81. The molecule has 2 aromatic rings. The van der Waals surface area contributed by atoms with E-state index in [2.05, 4.69) is 26.8 Å². The van der Waals surface area contributed by atoms with Crippen LogP contribution in [0.5, 0.6) is 0 Å². The van der Waals surface area contributed by atoms with Gasteiger partial charge in [-0.3, -0.25) is 4.79 Å². The van der Waals surface area contributed by atoms with Gasteiger partial charge in [0.1, 0.15) is 17.8 Å². The molecule has 2 atom stereocenters. The Labute approximate surface area is 140 Å². The summed E-state index contributed by atoms with van der Waals surface area (Å²) in [5.41, 5.74) is 0.733. The Morgan fingerprint density at radius 1 is 1.52 bits per heavy atom. The molecule has 1 fully saturated rings. The molecule has 6 nitrogen and oxygen atoms in total. The van der Waals surface area contributed by atoms with E-state index in [9.17, 15) is 4.79 Å². The van der Waals surface area contributed by atoms with E-state index in [0.29, 0.717) is 17.4 Å². The average molecular weight is 336 g/mol. The Hall–Kier alpha value is -1.82. The van der Waals surface area contributed by atoms with Crippen molar-refractivity contribution in [1.29, 1.82) is 0 Å². The highest BCUT2D eigenvalue weighted by Crippen LogP contribution is 2.32. The lowest BCUT2D eigenvalue weighted by Crippen LogP contribution is -2.52. The molecule has 0 saturated carbocycles. The van der Waals surface area contributed by atoms with Gasteiger partial charge in [-0.15, -0.1) is 0 Å². The van der Waals surface area contributed by atoms with E-state index in [4.69, 9.17) is 11.6 Å². The number of aromatic amines is 1. The molecule has 0 aromatic carbocycles. The lowest BCUT2D eigenvalue weighted by molar-refractivity contribution is -0.132. The lowest BCUT2D eigenvalue weighted by atomic mass is 9.92. The van der Waals surface area contributed by atoms with E-state index in [1.165, 1.54) is 0 Å². The summed E-state index contributed by atoms with van der Waals surface area (Å²) in [6.07, 6.45) is 4.82. The first kappa shape index (κ1) is 16.1. The monoisotopic (exact) mass is 335 g/mol. The Morgan fingerprint density at radius 3 is 3.04 bits per heavy atom. The second kappa shape index (κ2) is 6.35. The van der Waals surface area contributed by atoms with Crippen LogP contribution in [0.1, 0.15) is 26.7 Å². The molecule has 0 aliphatic carbocycles. The van der Waals surface area contributed by atoms with E-state index >= 15 is 0 Å². The van der Waals surface area contributed by atoms with Crippen LogP contribution in [0, 0.1) is 5.92 Å². The predicted octanol–water partition coefficient (Wildman–Crippen LogP) is 2.69. The van der Waals surface area contributed by atoms with Gasteiger partial charge in [-0.25, -0.2) is 9.97 Å². The van der Waals surface area contributed by atoms with Gasteiger partial charge in [-0.1, -0.05) is 25.4 Å². The van der Waals surface area contributed by atoms with Gasteiger partial charge in [0, 0.05) is 32.8 Å². The maximum absolute atomic E-state index is 12.1. The van der Waals surface area contributed by atoms with Crippen LogP contribution in [-0.2, 0) is 4.79 Å². The van der Waals surface area contributed by atoms with Crippen LogP contribution >= 0.6 is 11.6 Å². The first-order valence-corrected chi connectivity index (χ1v) is 8.38. The number of likely N-dealkylation sites (N-methyl/N-ethyl adjacent to an activating group) is 1. The van der Waals surface area contributed by atoms with Crippen LogP contribution in [0.25, 0.3) is 11.0 Å². The molecule has 3 rings (SSSR count). The smallest absolute Gasteiger partial charge is 0.222 e. The van der Waals surface area contributed by atoms with E-state index in [1.54, 1.807) is 12.5 Å². The summed E-state index contributed by atoms with van der Waals surface area (Å²) in [4.78, 5) is 27.9. The highest BCUT2D eigenvalue weighted by Gasteiger charge is 2.32. The number of rotatable bonds is 3. The second-order valence-corrected chi connectivity index (χ2v) is 6.60. The topological polar surface area (TPSA) is 65.1 Å². The van der Waals surface area contributed by atoms with E-state index < -0.39 is 0 Å². The molecule has 124 valence electrons. The molecule has 0 radical (unpaired) electrons. The molecular formula is C16H22ClN5O. The fourth-order valence-corrected chi connectivity index (χ4v) is 3.57. The van der Waals surface area contributed by atoms with Gasteiger partial charge in [-0.05, 0) is 12.3 Å². The third-order valence-corrected chi connectivity index (χ3v) is 5.11. The number of hydrogen-bond donors (Lipinski definition) is 1. The summed E-state index contributed by atoms with van der Waals surface area (Å²) in [5.74, 6) is 1.50. The SMILES string of the molecule is CCC(=O)N1CC[C@@H](C)[C@@H](N(C)c2ncnc3[nH]cc(Cl)c23)C1. The van der Waals surface area contributed by atoms with Gasteiger partial charge in [0.15, 0.2) is 0 Å². The summed E-state index contributed by atoms with van der Waals surface area (Å²) >= 11 is 6.30. The van der Waals surface area contributed by atoms with E-state index in [0.717, 1.165) is 36.4 Å². The molecule has 0 bridgehead atoms. The zero-order valence-corrected chi connectivity index (χ0v) is 14.5. The maximum atomic E-state index is 12.1. The van der Waals surface area contributed by atoms with E-state index in [-0.39, 0.29) is 11.9 Å². The van der Waals surface area contributed by atoms with Crippen molar-refractivity contribution in [3.8, 4) is 0 Å². The molecule has 3 heterocycles. The number of piperidine rings is 1. The Bertz CT molecular complexity index is 716. The van der Waals surface area contributed by atoms with Crippen molar-refractivity contribution in [3.05, 3.63) is 17.5 Å². The maximum Gasteiger partial charge on any atom is 0.222 e. The fraction of sp³-hybridized carbons (Fsp3) is 0.562. The zero-order chi connectivity index (χ0) is 16.6. The van der Waals surface area contributed by atoms with Crippen molar-refractivity contribution in [2.75, 3.05) is 25.0 Å². The third kappa shape index (κ3) is 2.87. The minimum absolute atomic E-state index is 0.211. The number of H-pyrrole nitrogens is 1. The summed E-state index contributed by atoms with van der Waals surface area (Å²) < 4.78 is 0. The lowest BCUT2D eigenvalue weighted by Gasteiger charge is -2.42. The molecule has 1 aliphatic heterocycles. The number of nitrogens with zero attached hydrogens (tertiary/aromatic N) is 4. The van der Waals surface area contributed by atoms with Crippen molar-refractivity contribution >= 4 is 34.4 Å². The molecule has 1 N–H and O–H groups in total. The summed E-state index contributed by atoms with van der Waals surface area (Å²) in [6, 6.07) is 0.211. The summed E-state index contributed by atoms with van der Waals surface area (Å²) in [5, 5.41) is 1.45. The number of likely N-dealkylation sites (tertiary alicyclic amines) is 1. The molecule has 1 saturated heterocycles. The van der Waals surface area contributed by atoms with Crippen LogP contribution in [0.3, 0.4) is 0 Å². The van der Waals surface area contributed by atoms with Gasteiger partial charge in [0.25, 0.3) is 0 Å². The van der Waals surface area contributed by atoms with Crippen LogP contribution in [0.2, 0.25) is 5.02 Å². The summed E-state index contributed by atoms with van der Waals surface area (Å²) in [7, 11) is 2.02. The van der Waals surface area contributed by atoms with Gasteiger partial charge in [-0.2, -0.15) is 0 Å². The molecule has 1 aliphatic rings. The molecule has 0 spiro atoms. The van der Waals surface area contributed by atoms with Gasteiger partial charge >= 0.3 is 0 Å². The van der Waals surface area contributed by atoms with Gasteiger partial charge < -0.3 is 14.8 Å². The molecule has 2 aromatic heterocycles. The largest absolute Gasteiger partial charge is 0.354 e. The van der Waals surface area contributed by atoms with Crippen LogP contribution in [-0.4, -0.2) is 51.9 Å². The first-order valence-electron chi connectivity index (χ1n) is 8.01. The number of fused-ring (bicyclic) bond motifs is 1. The number of aromatic nitrogens is 3. The number of halogens is 1. The Balaban J connectivity index is 1.92. The number of nitrogens with one attached hydrogen (secondary N) is 1. The number of carbonyl (C=O) groups excluding carboxylic acids is 1. The second-order valence-electron chi connectivity index (χ2n) is 6.20. The molecule has 0 unspecified atom stereocenters. The molecular weight excluding hydrogens is 314 g/mol. The highest BCUT2D eigenvalue weighted by molar-refractivity contribution is 6.36. The minimum Gasteiger partial charge on any atom is -0.354 e. The Morgan fingerprint density at radius 2 is 2.30 bits per heavy atom. The van der Waals surface area contributed by atoms with E-state index in [1.807, 2.05) is 18.9 Å². The van der Waals surface area contributed by atoms with Crippen molar-refractivity contribution in [3.63, 3.8) is 0 Å². The van der Waals surface area contributed by atoms with Crippen molar-refractivity contribution in [2.45, 2.75) is 32.7 Å². The van der Waals surface area contributed by atoms with Crippen LogP contribution < -0.4 is 4.90 Å². The van der Waals surface area contributed by atoms with Crippen LogP contribution in [0.15, 0.2) is 12.5 Å². The van der Waals surface area contributed by atoms with Gasteiger partial charge in [0.05, 0.1) is 16.5 Å². The zero-order valence-electron chi connectivity index (χ0n) is 13.7. The Kier molecular flexibility index (Phi) is 4.43. The predicted molar refractivity (Wildman–Crippen MR) is 91.7 cm³/mol. The molecule has 1 amide bonds. The minimum atomic E-state index is 0.211. The summed E-state index contributed by atoms with van der Waals surface area (Å²) in [6.45, 7) is 5.69. The first-order chi connectivity index (χ1) is 11.0. The standard InChI is InChI=1S/C16H22ClN5O/c1-4-13(23)22-6-5-10(2)12(8-22)21(3)16-14-11(17)7-18-15(14)19-9-20-16/h7,9-10,12H,4-6,8H2,1-3H3,(H,18,19,20)/t10-,12+/m1/s1. The molecule has 23 heavy (non-hydrogen) atoms. The van der Waals surface area contributed by atoms with Crippen molar-refractivity contribution < 1.29 is 4.79 Å². The fourth-order valence-electron chi connectivity index (χ4n) is 3.34. The quantitative estimate of drug-likeness (QED) is 0.936.